The Morgan fingerprint density at radius 2 is 2.20 bits per heavy atom. The number of aryl methyl sites for hydroxylation is 1. The van der Waals surface area contributed by atoms with Crippen molar-refractivity contribution in [3.63, 3.8) is 0 Å². The molecule has 0 bridgehead atoms. The number of rotatable bonds is 6. The summed E-state index contributed by atoms with van der Waals surface area (Å²) in [5.41, 5.74) is 0. The molecule has 0 spiro atoms. The minimum absolute atomic E-state index is 0.416. The summed E-state index contributed by atoms with van der Waals surface area (Å²) in [5, 5.41) is 7.92. The van der Waals surface area contributed by atoms with Crippen LogP contribution in [0.5, 0.6) is 0 Å². The molecule has 0 saturated heterocycles. The fourth-order valence-electron chi connectivity index (χ4n) is 1.37. The number of hydrogen-bond acceptors (Lipinski definition) is 4. The zero-order valence-electron chi connectivity index (χ0n) is 9.53. The molecule has 1 atom stereocenters. The van der Waals surface area contributed by atoms with E-state index in [0.717, 1.165) is 12.8 Å². The molecule has 86 valence electrons. The lowest BCUT2D eigenvalue weighted by molar-refractivity contribution is 0.474. The van der Waals surface area contributed by atoms with Crippen molar-refractivity contribution in [3.8, 4) is 0 Å². The van der Waals surface area contributed by atoms with E-state index in [1.165, 1.54) is 0 Å². The highest BCUT2D eigenvalue weighted by Crippen LogP contribution is 2.16. The van der Waals surface area contributed by atoms with Gasteiger partial charge in [0.15, 0.2) is 0 Å². The molecule has 15 heavy (non-hydrogen) atoms. The van der Waals surface area contributed by atoms with Crippen LogP contribution in [0.1, 0.15) is 32.6 Å². The number of aromatic nitrogens is 2. The van der Waals surface area contributed by atoms with Gasteiger partial charge in [-0.1, -0.05) is 18.4 Å². The molecule has 0 amide bonds. The van der Waals surface area contributed by atoms with Crippen molar-refractivity contribution in [2.75, 3.05) is 17.8 Å². The Balaban J connectivity index is 2.60. The molecule has 1 aromatic heterocycles. The maximum atomic E-state index is 5.60. The van der Waals surface area contributed by atoms with Gasteiger partial charge < -0.3 is 9.32 Å². The molecule has 1 aromatic rings. The fourth-order valence-corrected chi connectivity index (χ4v) is 1.53. The van der Waals surface area contributed by atoms with Crippen LogP contribution >= 0.6 is 11.6 Å². The van der Waals surface area contributed by atoms with Crippen molar-refractivity contribution >= 4 is 17.6 Å². The fraction of sp³-hybridized carbons (Fsp3) is 0.800. The summed E-state index contributed by atoms with van der Waals surface area (Å²) in [6, 6.07) is 0.996. The third kappa shape index (κ3) is 3.38. The van der Waals surface area contributed by atoms with E-state index in [0.29, 0.717) is 30.2 Å². The molecule has 0 saturated carbocycles. The molecule has 0 fully saturated rings. The van der Waals surface area contributed by atoms with Gasteiger partial charge in [0.25, 0.3) is 0 Å². The van der Waals surface area contributed by atoms with Gasteiger partial charge in [-0.3, -0.25) is 0 Å². The Labute approximate surface area is 95.6 Å². The Kier molecular flexibility index (Phi) is 4.88. The molecule has 4 nitrogen and oxygen atoms in total. The van der Waals surface area contributed by atoms with Crippen molar-refractivity contribution in [1.29, 1.82) is 0 Å². The minimum atomic E-state index is 0.416. The van der Waals surface area contributed by atoms with E-state index in [4.69, 9.17) is 16.0 Å². The standard InChI is InChI=1S/C10H18ClN3O/c1-4-5-8(2)14(3)10-13-12-9(15-10)6-7-11/h8H,4-7H2,1-3H3. The second-order valence-electron chi connectivity index (χ2n) is 3.67. The van der Waals surface area contributed by atoms with Crippen LogP contribution in [0, 0.1) is 0 Å². The van der Waals surface area contributed by atoms with Gasteiger partial charge in [-0.05, 0) is 13.3 Å². The summed E-state index contributed by atoms with van der Waals surface area (Å²) in [4.78, 5) is 2.01. The number of hydrogen-bond donors (Lipinski definition) is 0. The van der Waals surface area contributed by atoms with Crippen LogP contribution in [0.2, 0.25) is 0 Å². The lowest BCUT2D eigenvalue weighted by atomic mass is 10.2. The quantitative estimate of drug-likeness (QED) is 0.706. The Hall–Kier alpha value is -0.770. The van der Waals surface area contributed by atoms with E-state index in [1.54, 1.807) is 0 Å². The van der Waals surface area contributed by atoms with Crippen LogP contribution < -0.4 is 4.90 Å². The maximum Gasteiger partial charge on any atom is 0.318 e. The molecular weight excluding hydrogens is 214 g/mol. The molecule has 0 radical (unpaired) electrons. The topological polar surface area (TPSA) is 42.2 Å². The Bertz CT molecular complexity index is 290. The first-order valence-corrected chi connectivity index (χ1v) is 5.83. The highest BCUT2D eigenvalue weighted by atomic mass is 35.5. The van der Waals surface area contributed by atoms with Gasteiger partial charge in [0.05, 0.1) is 0 Å². The molecule has 5 heteroatoms. The lowest BCUT2D eigenvalue weighted by Gasteiger charge is -2.21. The summed E-state index contributed by atoms with van der Waals surface area (Å²) < 4.78 is 5.47. The lowest BCUT2D eigenvalue weighted by Crippen LogP contribution is -2.28. The van der Waals surface area contributed by atoms with Crippen LogP contribution in [0.3, 0.4) is 0 Å². The zero-order chi connectivity index (χ0) is 11.3. The van der Waals surface area contributed by atoms with Crippen LogP contribution in [-0.2, 0) is 6.42 Å². The average Bonchev–Trinajstić information content (AvgIpc) is 2.66. The first kappa shape index (κ1) is 12.3. The van der Waals surface area contributed by atoms with Crippen LogP contribution in [0.4, 0.5) is 6.01 Å². The molecule has 0 aliphatic heterocycles. The third-order valence-electron chi connectivity index (χ3n) is 2.43. The largest absolute Gasteiger partial charge is 0.408 e. The molecular formula is C10H18ClN3O. The first-order valence-electron chi connectivity index (χ1n) is 5.30. The van der Waals surface area contributed by atoms with Crippen molar-refractivity contribution < 1.29 is 4.42 Å². The molecule has 0 N–H and O–H groups in total. The second kappa shape index (κ2) is 5.95. The van der Waals surface area contributed by atoms with Crippen molar-refractivity contribution in [2.24, 2.45) is 0 Å². The summed E-state index contributed by atoms with van der Waals surface area (Å²) in [6.45, 7) is 4.31. The van der Waals surface area contributed by atoms with Gasteiger partial charge in [-0.15, -0.1) is 16.7 Å². The van der Waals surface area contributed by atoms with E-state index < -0.39 is 0 Å². The van der Waals surface area contributed by atoms with E-state index in [2.05, 4.69) is 24.0 Å². The summed E-state index contributed by atoms with van der Waals surface area (Å²) in [5.74, 6) is 1.12. The smallest absolute Gasteiger partial charge is 0.318 e. The molecule has 1 heterocycles. The Morgan fingerprint density at radius 1 is 1.47 bits per heavy atom. The maximum absolute atomic E-state index is 5.60. The van der Waals surface area contributed by atoms with Gasteiger partial charge in [-0.25, -0.2) is 0 Å². The predicted octanol–water partition coefficient (Wildman–Crippen LogP) is 2.48. The number of anilines is 1. The highest BCUT2D eigenvalue weighted by molar-refractivity contribution is 6.17. The number of halogens is 1. The third-order valence-corrected chi connectivity index (χ3v) is 2.62. The summed E-state index contributed by atoms with van der Waals surface area (Å²) in [7, 11) is 1.97. The molecule has 0 aliphatic rings. The van der Waals surface area contributed by atoms with Gasteiger partial charge in [0, 0.05) is 25.4 Å². The van der Waals surface area contributed by atoms with Gasteiger partial charge in [-0.2, -0.15) is 0 Å². The van der Waals surface area contributed by atoms with Gasteiger partial charge in [0.2, 0.25) is 5.89 Å². The first-order chi connectivity index (χ1) is 7.19. The molecule has 0 aliphatic carbocycles. The monoisotopic (exact) mass is 231 g/mol. The van der Waals surface area contributed by atoms with Gasteiger partial charge in [0.1, 0.15) is 0 Å². The molecule has 1 rings (SSSR count). The van der Waals surface area contributed by atoms with Crippen LogP contribution in [0.25, 0.3) is 0 Å². The Morgan fingerprint density at radius 3 is 2.80 bits per heavy atom. The summed E-state index contributed by atoms with van der Waals surface area (Å²) >= 11 is 5.60. The minimum Gasteiger partial charge on any atom is -0.408 e. The van der Waals surface area contributed by atoms with E-state index in [9.17, 15) is 0 Å². The van der Waals surface area contributed by atoms with Crippen molar-refractivity contribution in [3.05, 3.63) is 5.89 Å². The second-order valence-corrected chi connectivity index (χ2v) is 4.04. The highest BCUT2D eigenvalue weighted by Gasteiger charge is 2.15. The van der Waals surface area contributed by atoms with Gasteiger partial charge >= 0.3 is 6.01 Å². The normalized spacial score (nSPS) is 12.8. The predicted molar refractivity (Wildman–Crippen MR) is 61.5 cm³/mol. The van der Waals surface area contributed by atoms with Crippen molar-refractivity contribution in [1.82, 2.24) is 10.2 Å². The van der Waals surface area contributed by atoms with Crippen LogP contribution in [-0.4, -0.2) is 29.2 Å². The van der Waals surface area contributed by atoms with Crippen LogP contribution in [0.15, 0.2) is 4.42 Å². The summed E-state index contributed by atoms with van der Waals surface area (Å²) in [6.07, 6.45) is 2.89. The number of nitrogens with zero attached hydrogens (tertiary/aromatic N) is 3. The average molecular weight is 232 g/mol. The SMILES string of the molecule is CCCC(C)N(C)c1nnc(CCCl)o1. The van der Waals surface area contributed by atoms with E-state index >= 15 is 0 Å². The zero-order valence-corrected chi connectivity index (χ0v) is 10.3. The van der Waals surface area contributed by atoms with E-state index in [1.807, 2.05) is 11.9 Å². The number of alkyl halides is 1. The molecule has 0 aromatic carbocycles. The molecule has 1 unspecified atom stereocenters. The van der Waals surface area contributed by atoms with E-state index in [-0.39, 0.29) is 0 Å². The van der Waals surface area contributed by atoms with Crippen molar-refractivity contribution in [2.45, 2.75) is 39.2 Å².